The van der Waals surface area contributed by atoms with Gasteiger partial charge >= 0.3 is 5.97 Å². The Morgan fingerprint density at radius 3 is 2.67 bits per heavy atom. The van der Waals surface area contributed by atoms with Crippen LogP contribution in [-0.4, -0.2) is 42.5 Å². The van der Waals surface area contributed by atoms with E-state index in [1.807, 2.05) is 36.4 Å². The van der Waals surface area contributed by atoms with E-state index in [1.165, 1.54) is 7.11 Å². The maximum absolute atomic E-state index is 12.5. The number of ether oxygens (including phenoxy) is 1. The lowest BCUT2D eigenvalue weighted by atomic mass is 9.82. The lowest BCUT2D eigenvalue weighted by Crippen LogP contribution is -2.50. The van der Waals surface area contributed by atoms with E-state index >= 15 is 0 Å². The predicted molar refractivity (Wildman–Crippen MR) is 99.2 cm³/mol. The number of carbonyl (C=O) groups is 2. The molecule has 0 aliphatic carbocycles. The van der Waals surface area contributed by atoms with Gasteiger partial charge in [-0.3, -0.25) is 9.69 Å². The van der Waals surface area contributed by atoms with Crippen molar-refractivity contribution in [2.75, 3.05) is 20.2 Å². The summed E-state index contributed by atoms with van der Waals surface area (Å²) in [4.78, 5) is 26.3. The lowest BCUT2D eigenvalue weighted by Gasteiger charge is -2.39. The van der Waals surface area contributed by atoms with E-state index in [1.54, 1.807) is 6.07 Å². The Labute approximate surface area is 158 Å². The average Bonchev–Trinajstić information content (AvgIpc) is 3.29. The zero-order chi connectivity index (χ0) is 18.9. The van der Waals surface area contributed by atoms with Crippen LogP contribution in [0.4, 0.5) is 0 Å². The molecule has 1 atom stereocenters. The van der Waals surface area contributed by atoms with Gasteiger partial charge in [0.15, 0.2) is 0 Å². The second-order valence-corrected chi connectivity index (χ2v) is 7.47. The van der Waals surface area contributed by atoms with Crippen LogP contribution in [0.2, 0.25) is 0 Å². The van der Waals surface area contributed by atoms with E-state index in [2.05, 4.69) is 15.0 Å². The number of nitrogens with zero attached hydrogens (tertiary/aromatic N) is 1. The molecular weight excluding hydrogens is 344 g/mol. The van der Waals surface area contributed by atoms with Gasteiger partial charge in [-0.25, -0.2) is 4.79 Å². The fourth-order valence-electron chi connectivity index (χ4n) is 4.20. The first-order valence-corrected chi connectivity index (χ1v) is 9.35. The summed E-state index contributed by atoms with van der Waals surface area (Å²) in [6, 6.07) is 13.5. The third-order valence-electron chi connectivity index (χ3n) is 5.74. The Balaban J connectivity index is 1.36. The molecule has 1 amide bonds. The molecule has 0 bridgehead atoms. The van der Waals surface area contributed by atoms with Crippen molar-refractivity contribution < 1.29 is 18.7 Å². The molecule has 142 valence electrons. The van der Waals surface area contributed by atoms with E-state index in [9.17, 15) is 9.59 Å². The van der Waals surface area contributed by atoms with Gasteiger partial charge in [-0.1, -0.05) is 30.3 Å². The normalized spacial score (nSPS) is 22.0. The Morgan fingerprint density at radius 1 is 1.22 bits per heavy atom. The van der Waals surface area contributed by atoms with E-state index in [4.69, 9.17) is 4.42 Å². The minimum absolute atomic E-state index is 0.0505. The molecule has 4 rings (SSSR count). The summed E-state index contributed by atoms with van der Waals surface area (Å²) in [6.07, 6.45) is 2.70. The van der Waals surface area contributed by atoms with Crippen LogP contribution in [0.5, 0.6) is 0 Å². The van der Waals surface area contributed by atoms with Crippen molar-refractivity contribution in [3.05, 3.63) is 59.5 Å². The molecule has 2 aliphatic heterocycles. The van der Waals surface area contributed by atoms with Crippen LogP contribution >= 0.6 is 0 Å². The number of hydrogen-bond donors (Lipinski definition) is 1. The van der Waals surface area contributed by atoms with E-state index in [-0.39, 0.29) is 23.1 Å². The molecule has 1 spiro atoms. The number of amides is 1. The molecule has 6 heteroatoms. The summed E-state index contributed by atoms with van der Waals surface area (Å²) in [6.45, 7) is 2.43. The van der Waals surface area contributed by atoms with Crippen molar-refractivity contribution in [1.29, 1.82) is 0 Å². The number of hydrogen-bond acceptors (Lipinski definition) is 5. The summed E-state index contributed by atoms with van der Waals surface area (Å²) in [7, 11) is 1.34. The van der Waals surface area contributed by atoms with Crippen LogP contribution in [0.15, 0.2) is 46.9 Å². The van der Waals surface area contributed by atoms with E-state index < -0.39 is 5.97 Å². The van der Waals surface area contributed by atoms with Crippen molar-refractivity contribution in [3.8, 4) is 0 Å². The highest BCUT2D eigenvalue weighted by molar-refractivity contribution is 5.87. The molecule has 6 nitrogen and oxygen atoms in total. The molecule has 1 aromatic carbocycles. The molecule has 0 saturated carbocycles. The number of methoxy groups -OCH3 is 1. The van der Waals surface area contributed by atoms with Crippen LogP contribution in [-0.2, 0) is 16.1 Å². The fourth-order valence-corrected chi connectivity index (χ4v) is 4.20. The monoisotopic (exact) mass is 368 g/mol. The minimum Gasteiger partial charge on any atom is -0.463 e. The van der Waals surface area contributed by atoms with Gasteiger partial charge in [0.05, 0.1) is 19.6 Å². The van der Waals surface area contributed by atoms with E-state index in [0.717, 1.165) is 43.7 Å². The average molecular weight is 368 g/mol. The number of benzene rings is 1. The zero-order valence-corrected chi connectivity index (χ0v) is 15.4. The molecular formula is C21H24N2O4. The Kier molecular flexibility index (Phi) is 4.74. The maximum atomic E-state index is 12.5. The topological polar surface area (TPSA) is 71.8 Å². The second kappa shape index (κ2) is 7.19. The van der Waals surface area contributed by atoms with Crippen LogP contribution in [0.25, 0.3) is 0 Å². The van der Waals surface area contributed by atoms with Gasteiger partial charge < -0.3 is 14.5 Å². The van der Waals surface area contributed by atoms with Crippen molar-refractivity contribution in [2.24, 2.45) is 0 Å². The van der Waals surface area contributed by atoms with Gasteiger partial charge in [-0.15, -0.1) is 0 Å². The van der Waals surface area contributed by atoms with Gasteiger partial charge in [0.25, 0.3) is 0 Å². The molecule has 1 N–H and O–H groups in total. The van der Waals surface area contributed by atoms with Crippen molar-refractivity contribution in [3.63, 3.8) is 0 Å². The predicted octanol–water partition coefficient (Wildman–Crippen LogP) is 2.70. The number of esters is 1. The molecule has 0 unspecified atom stereocenters. The summed E-state index contributed by atoms with van der Waals surface area (Å²) >= 11 is 0. The second-order valence-electron chi connectivity index (χ2n) is 7.47. The molecule has 2 aromatic rings. The van der Waals surface area contributed by atoms with Crippen LogP contribution in [0.1, 0.15) is 47.1 Å². The fraction of sp³-hybridized carbons (Fsp3) is 0.429. The van der Waals surface area contributed by atoms with Gasteiger partial charge in [-0.05, 0) is 37.0 Å². The highest BCUT2D eigenvalue weighted by Crippen LogP contribution is 2.39. The maximum Gasteiger partial charge on any atom is 0.373 e. The first kappa shape index (κ1) is 17.8. The quantitative estimate of drug-likeness (QED) is 0.840. The Bertz CT molecular complexity index is 822. The molecule has 2 aliphatic rings. The Hall–Kier alpha value is -2.60. The molecule has 3 heterocycles. The molecule has 1 aromatic heterocycles. The first-order valence-electron chi connectivity index (χ1n) is 9.35. The van der Waals surface area contributed by atoms with Crippen molar-refractivity contribution in [1.82, 2.24) is 10.2 Å². The Morgan fingerprint density at radius 2 is 1.96 bits per heavy atom. The molecule has 0 radical (unpaired) electrons. The summed E-state index contributed by atoms with van der Waals surface area (Å²) in [5.41, 5.74) is 0.995. The highest BCUT2D eigenvalue weighted by Gasteiger charge is 2.46. The highest BCUT2D eigenvalue weighted by atomic mass is 16.5. The molecule has 2 fully saturated rings. The van der Waals surface area contributed by atoms with Gasteiger partial charge in [-0.2, -0.15) is 0 Å². The van der Waals surface area contributed by atoms with Gasteiger partial charge in [0.2, 0.25) is 11.7 Å². The third kappa shape index (κ3) is 3.62. The number of nitrogens with one attached hydrogen (secondary N) is 1. The summed E-state index contributed by atoms with van der Waals surface area (Å²) in [5, 5.41) is 3.28. The number of rotatable bonds is 4. The minimum atomic E-state index is -0.459. The SMILES string of the molecule is COC(=O)c1ccc(CN2CCC3(CC2)C[C@H](c2ccccc2)C(=O)N3)o1. The van der Waals surface area contributed by atoms with Crippen molar-refractivity contribution >= 4 is 11.9 Å². The number of likely N-dealkylation sites (tertiary alicyclic amines) is 1. The van der Waals surface area contributed by atoms with Gasteiger partial charge in [0, 0.05) is 18.6 Å². The third-order valence-corrected chi connectivity index (χ3v) is 5.74. The molecule has 27 heavy (non-hydrogen) atoms. The number of carbonyl (C=O) groups excluding carboxylic acids is 2. The van der Waals surface area contributed by atoms with Crippen LogP contribution in [0, 0.1) is 0 Å². The summed E-state index contributed by atoms with van der Waals surface area (Å²) in [5.74, 6) is 0.618. The van der Waals surface area contributed by atoms with Crippen LogP contribution in [0.3, 0.4) is 0 Å². The van der Waals surface area contributed by atoms with E-state index in [0.29, 0.717) is 6.54 Å². The van der Waals surface area contributed by atoms with Crippen LogP contribution < -0.4 is 5.32 Å². The zero-order valence-electron chi connectivity index (χ0n) is 15.4. The van der Waals surface area contributed by atoms with Gasteiger partial charge in [0.1, 0.15) is 5.76 Å². The smallest absolute Gasteiger partial charge is 0.373 e. The number of piperidine rings is 1. The largest absolute Gasteiger partial charge is 0.463 e. The van der Waals surface area contributed by atoms with Crippen molar-refractivity contribution in [2.45, 2.75) is 37.3 Å². The summed E-state index contributed by atoms with van der Waals surface area (Å²) < 4.78 is 10.2. The lowest BCUT2D eigenvalue weighted by molar-refractivity contribution is -0.121. The standard InChI is InChI=1S/C21H24N2O4/c1-26-20(25)18-8-7-16(27-18)14-23-11-9-21(10-12-23)13-17(19(24)22-21)15-5-3-2-4-6-15/h2-8,17H,9-14H2,1H3,(H,22,24)/t17-/m1/s1. The number of furan rings is 1. The first-order chi connectivity index (χ1) is 13.1. The molecule has 2 saturated heterocycles.